The molecule has 1 aliphatic rings. The van der Waals surface area contributed by atoms with E-state index < -0.39 is 0 Å². The van der Waals surface area contributed by atoms with Crippen molar-refractivity contribution in [2.75, 3.05) is 13.1 Å². The molecule has 0 aliphatic carbocycles. The van der Waals surface area contributed by atoms with E-state index >= 15 is 0 Å². The Kier molecular flexibility index (Phi) is 6.44. The molecule has 0 spiro atoms. The summed E-state index contributed by atoms with van der Waals surface area (Å²) >= 11 is 6.15. The predicted octanol–water partition coefficient (Wildman–Crippen LogP) is 3.88. The van der Waals surface area contributed by atoms with Crippen LogP contribution in [-0.2, 0) is 17.9 Å². The number of amides is 1. The van der Waals surface area contributed by atoms with Crippen LogP contribution < -0.4 is 5.32 Å². The van der Waals surface area contributed by atoms with Crippen LogP contribution in [0.25, 0.3) is 0 Å². The molecule has 1 amide bonds. The van der Waals surface area contributed by atoms with Crippen molar-refractivity contribution in [1.82, 2.24) is 10.2 Å². The number of nitrogens with zero attached hydrogens (tertiary/aromatic N) is 2. The smallest absolute Gasteiger partial charge is 0.223 e. The van der Waals surface area contributed by atoms with Crippen LogP contribution in [0.2, 0.25) is 5.02 Å². The molecule has 27 heavy (non-hydrogen) atoms. The minimum absolute atomic E-state index is 0.00775. The zero-order valence-electron chi connectivity index (χ0n) is 14.9. The lowest BCUT2D eigenvalue weighted by molar-refractivity contribution is -0.126. The molecule has 0 bridgehead atoms. The summed E-state index contributed by atoms with van der Waals surface area (Å²) in [5.41, 5.74) is 2.39. The highest BCUT2D eigenvalue weighted by Gasteiger charge is 2.24. The Balaban J connectivity index is 1.46. The molecule has 0 unspecified atom stereocenters. The zero-order valence-corrected chi connectivity index (χ0v) is 15.7. The maximum absolute atomic E-state index is 13.0. The standard InChI is InChI=1S/C21H21ClFN3O/c22-20-11-16(12-24)1-4-18(20)13-25-21(27)17-7-9-26(10-8-17)14-15-2-5-19(23)6-3-15/h1-6,11,17H,7-10,13-14H2,(H,25,27). The highest BCUT2D eigenvalue weighted by atomic mass is 35.5. The van der Waals surface area contributed by atoms with Crippen LogP contribution in [-0.4, -0.2) is 23.9 Å². The fourth-order valence-electron chi connectivity index (χ4n) is 3.29. The number of rotatable bonds is 5. The molecular weight excluding hydrogens is 365 g/mol. The number of hydrogen-bond donors (Lipinski definition) is 1. The van der Waals surface area contributed by atoms with Gasteiger partial charge in [0.15, 0.2) is 0 Å². The van der Waals surface area contributed by atoms with Crippen LogP contribution in [0, 0.1) is 23.1 Å². The highest BCUT2D eigenvalue weighted by molar-refractivity contribution is 6.31. The number of nitriles is 1. The van der Waals surface area contributed by atoms with Crippen LogP contribution in [0.15, 0.2) is 42.5 Å². The van der Waals surface area contributed by atoms with Crippen LogP contribution in [0.1, 0.15) is 29.5 Å². The first kappa shape index (κ1) is 19.3. The van der Waals surface area contributed by atoms with Crippen molar-refractivity contribution in [3.63, 3.8) is 0 Å². The number of halogens is 2. The molecule has 1 heterocycles. The predicted molar refractivity (Wildman–Crippen MR) is 102 cm³/mol. The first-order chi connectivity index (χ1) is 13.0. The minimum Gasteiger partial charge on any atom is -0.352 e. The Morgan fingerprint density at radius 1 is 1.22 bits per heavy atom. The Morgan fingerprint density at radius 3 is 2.56 bits per heavy atom. The number of carbonyl (C=O) groups excluding carboxylic acids is 1. The van der Waals surface area contributed by atoms with E-state index in [2.05, 4.69) is 10.2 Å². The minimum atomic E-state index is -0.225. The van der Waals surface area contributed by atoms with Gasteiger partial charge in [-0.3, -0.25) is 9.69 Å². The molecule has 4 nitrogen and oxygen atoms in total. The van der Waals surface area contributed by atoms with Gasteiger partial charge in [-0.2, -0.15) is 5.26 Å². The Morgan fingerprint density at radius 2 is 1.93 bits per heavy atom. The molecule has 2 aromatic carbocycles. The molecule has 1 aliphatic heterocycles. The number of benzene rings is 2. The second kappa shape index (κ2) is 8.98. The van der Waals surface area contributed by atoms with Crippen LogP contribution in [0.4, 0.5) is 4.39 Å². The molecule has 1 fully saturated rings. The van der Waals surface area contributed by atoms with Crippen molar-refractivity contribution in [2.24, 2.45) is 5.92 Å². The number of hydrogen-bond acceptors (Lipinski definition) is 3. The lowest BCUT2D eigenvalue weighted by Gasteiger charge is -2.31. The Labute approximate surface area is 163 Å². The summed E-state index contributed by atoms with van der Waals surface area (Å²) in [6.45, 7) is 2.81. The molecule has 3 rings (SSSR count). The molecule has 140 valence electrons. The largest absolute Gasteiger partial charge is 0.352 e. The van der Waals surface area contributed by atoms with E-state index in [0.717, 1.165) is 43.6 Å². The summed E-state index contributed by atoms with van der Waals surface area (Å²) in [7, 11) is 0. The van der Waals surface area contributed by atoms with Gasteiger partial charge in [-0.15, -0.1) is 0 Å². The lowest BCUT2D eigenvalue weighted by atomic mass is 9.95. The van der Waals surface area contributed by atoms with Gasteiger partial charge < -0.3 is 5.32 Å². The average Bonchev–Trinajstić information content (AvgIpc) is 2.69. The van der Waals surface area contributed by atoms with E-state index in [-0.39, 0.29) is 17.6 Å². The van der Waals surface area contributed by atoms with E-state index in [0.29, 0.717) is 17.1 Å². The van der Waals surface area contributed by atoms with Crippen LogP contribution in [0.5, 0.6) is 0 Å². The fourth-order valence-corrected chi connectivity index (χ4v) is 3.54. The van der Waals surface area contributed by atoms with Gasteiger partial charge in [-0.05, 0) is 61.3 Å². The number of likely N-dealkylation sites (tertiary alicyclic amines) is 1. The van der Waals surface area contributed by atoms with Crippen molar-refractivity contribution in [1.29, 1.82) is 5.26 Å². The lowest BCUT2D eigenvalue weighted by Crippen LogP contribution is -2.40. The monoisotopic (exact) mass is 385 g/mol. The quantitative estimate of drug-likeness (QED) is 0.849. The van der Waals surface area contributed by atoms with E-state index in [1.54, 1.807) is 30.3 Å². The molecule has 6 heteroatoms. The van der Waals surface area contributed by atoms with E-state index in [4.69, 9.17) is 16.9 Å². The van der Waals surface area contributed by atoms with Gasteiger partial charge in [0, 0.05) is 24.0 Å². The third-order valence-corrected chi connectivity index (χ3v) is 5.26. The summed E-state index contributed by atoms with van der Waals surface area (Å²) in [6.07, 6.45) is 1.60. The summed E-state index contributed by atoms with van der Waals surface area (Å²) in [6, 6.07) is 13.7. The molecule has 1 N–H and O–H groups in total. The van der Waals surface area contributed by atoms with Gasteiger partial charge in [-0.25, -0.2) is 4.39 Å². The number of nitrogens with one attached hydrogen (secondary N) is 1. The normalized spacial score (nSPS) is 15.3. The zero-order chi connectivity index (χ0) is 19.2. The van der Waals surface area contributed by atoms with Crippen molar-refractivity contribution in [3.05, 3.63) is 70.0 Å². The number of piperidine rings is 1. The van der Waals surface area contributed by atoms with E-state index in [9.17, 15) is 9.18 Å². The topological polar surface area (TPSA) is 56.1 Å². The molecule has 0 atom stereocenters. The average molecular weight is 386 g/mol. The summed E-state index contributed by atoms with van der Waals surface area (Å²) in [4.78, 5) is 14.7. The second-order valence-corrected chi connectivity index (χ2v) is 7.22. The molecule has 0 radical (unpaired) electrons. The third-order valence-electron chi connectivity index (χ3n) is 4.91. The van der Waals surface area contributed by atoms with Crippen LogP contribution >= 0.6 is 11.6 Å². The highest BCUT2D eigenvalue weighted by Crippen LogP contribution is 2.21. The summed E-state index contributed by atoms with van der Waals surface area (Å²) in [5, 5.41) is 12.3. The van der Waals surface area contributed by atoms with Gasteiger partial charge in [0.25, 0.3) is 0 Å². The summed E-state index contributed by atoms with van der Waals surface area (Å²) < 4.78 is 13.0. The van der Waals surface area contributed by atoms with Gasteiger partial charge in [0.05, 0.1) is 11.6 Å². The van der Waals surface area contributed by atoms with Gasteiger partial charge >= 0.3 is 0 Å². The van der Waals surface area contributed by atoms with Gasteiger partial charge in [0.1, 0.15) is 5.82 Å². The summed E-state index contributed by atoms with van der Waals surface area (Å²) in [5.74, 6) is -0.194. The van der Waals surface area contributed by atoms with E-state index in [1.807, 2.05) is 6.07 Å². The fraction of sp³-hybridized carbons (Fsp3) is 0.333. The first-order valence-corrected chi connectivity index (χ1v) is 9.36. The number of carbonyl (C=O) groups is 1. The Hall–Kier alpha value is -2.42. The van der Waals surface area contributed by atoms with Crippen molar-refractivity contribution in [3.8, 4) is 6.07 Å². The van der Waals surface area contributed by atoms with Crippen LogP contribution in [0.3, 0.4) is 0 Å². The molecule has 0 aromatic heterocycles. The van der Waals surface area contributed by atoms with Crippen molar-refractivity contribution < 1.29 is 9.18 Å². The van der Waals surface area contributed by atoms with Crippen molar-refractivity contribution >= 4 is 17.5 Å². The van der Waals surface area contributed by atoms with Crippen molar-refractivity contribution in [2.45, 2.75) is 25.9 Å². The maximum Gasteiger partial charge on any atom is 0.223 e. The Bertz CT molecular complexity index is 839. The maximum atomic E-state index is 13.0. The second-order valence-electron chi connectivity index (χ2n) is 6.81. The third kappa shape index (κ3) is 5.29. The van der Waals surface area contributed by atoms with Gasteiger partial charge in [0.2, 0.25) is 5.91 Å². The van der Waals surface area contributed by atoms with Gasteiger partial charge in [-0.1, -0.05) is 29.8 Å². The molecule has 0 saturated carbocycles. The first-order valence-electron chi connectivity index (χ1n) is 8.98. The molecule has 2 aromatic rings. The molecular formula is C21H21ClFN3O. The van der Waals surface area contributed by atoms with E-state index in [1.165, 1.54) is 12.1 Å². The molecule has 1 saturated heterocycles. The SMILES string of the molecule is N#Cc1ccc(CNC(=O)C2CCN(Cc3ccc(F)cc3)CC2)c(Cl)c1.